The highest BCUT2D eigenvalue weighted by Crippen LogP contribution is 2.03. The van der Waals surface area contributed by atoms with Gasteiger partial charge < -0.3 is 29.2 Å². The second-order valence-electron chi connectivity index (χ2n) is 4.21. The molecule has 6 nitrogen and oxygen atoms in total. The lowest BCUT2D eigenvalue weighted by molar-refractivity contribution is -0.177. The third kappa shape index (κ3) is 15.8. The zero-order chi connectivity index (χ0) is 13.7. The van der Waals surface area contributed by atoms with Crippen LogP contribution in [0, 0.1) is 0 Å². The molecule has 0 saturated heterocycles. The van der Waals surface area contributed by atoms with E-state index in [1.807, 2.05) is 0 Å². The number of aliphatic hydroxyl groups excluding tert-OH is 1. The van der Waals surface area contributed by atoms with Crippen LogP contribution < -0.4 is 0 Å². The summed E-state index contributed by atoms with van der Waals surface area (Å²) in [5.74, 6) is -1.07. The van der Waals surface area contributed by atoms with Crippen molar-refractivity contribution < 1.29 is 29.2 Å². The van der Waals surface area contributed by atoms with Crippen LogP contribution in [0.1, 0.15) is 20.3 Å². The summed E-state index contributed by atoms with van der Waals surface area (Å²) >= 11 is 0. The van der Waals surface area contributed by atoms with Gasteiger partial charge in [0.05, 0.1) is 46.2 Å². The molecule has 0 rings (SSSR count). The van der Waals surface area contributed by atoms with E-state index in [1.165, 1.54) is 0 Å². The number of hydrogen-bond donors (Lipinski definition) is 2. The van der Waals surface area contributed by atoms with Crippen molar-refractivity contribution in [2.45, 2.75) is 26.1 Å². The summed E-state index contributed by atoms with van der Waals surface area (Å²) in [7, 11) is 0. The van der Waals surface area contributed by atoms with Gasteiger partial charge >= 0.3 is 0 Å². The second kappa shape index (κ2) is 11.8. The highest BCUT2D eigenvalue weighted by atomic mass is 16.6. The lowest BCUT2D eigenvalue weighted by atomic mass is 10.4. The highest BCUT2D eigenvalue weighted by Gasteiger charge is 2.10. The Bertz CT molecular complexity index is 168. The van der Waals surface area contributed by atoms with E-state index in [4.69, 9.17) is 24.1 Å². The van der Waals surface area contributed by atoms with Crippen molar-refractivity contribution in [1.82, 2.24) is 0 Å². The van der Waals surface area contributed by atoms with Gasteiger partial charge in [0.1, 0.15) is 0 Å². The monoisotopic (exact) mass is 266 g/mol. The Labute approximate surface area is 109 Å². The molecule has 0 atom stereocenters. The lowest BCUT2D eigenvalue weighted by Crippen LogP contribution is -2.24. The SMILES string of the molecule is CC(C)(O)OCCCOCCOCCOCCO. The van der Waals surface area contributed by atoms with E-state index in [1.54, 1.807) is 13.8 Å². The molecule has 0 aromatic rings. The summed E-state index contributed by atoms with van der Waals surface area (Å²) in [6.45, 7) is 6.68. The van der Waals surface area contributed by atoms with Gasteiger partial charge in [-0.2, -0.15) is 0 Å². The molecule has 0 aromatic carbocycles. The van der Waals surface area contributed by atoms with Crippen LogP contribution in [-0.2, 0) is 18.9 Å². The van der Waals surface area contributed by atoms with Crippen molar-refractivity contribution in [2.24, 2.45) is 0 Å². The molecule has 2 N–H and O–H groups in total. The highest BCUT2D eigenvalue weighted by molar-refractivity contribution is 4.48. The molecule has 0 aliphatic rings. The maximum atomic E-state index is 9.27. The molecule has 0 fully saturated rings. The van der Waals surface area contributed by atoms with Crippen molar-refractivity contribution >= 4 is 0 Å². The molecule has 0 bridgehead atoms. The smallest absolute Gasteiger partial charge is 0.159 e. The van der Waals surface area contributed by atoms with Crippen LogP contribution in [0.2, 0.25) is 0 Å². The van der Waals surface area contributed by atoms with Crippen LogP contribution in [0.4, 0.5) is 0 Å². The Hall–Kier alpha value is -0.240. The number of rotatable bonds is 13. The van der Waals surface area contributed by atoms with E-state index in [0.717, 1.165) is 6.42 Å². The molecule has 0 unspecified atom stereocenters. The molecule has 0 amide bonds. The van der Waals surface area contributed by atoms with Crippen LogP contribution in [0.5, 0.6) is 0 Å². The van der Waals surface area contributed by atoms with Gasteiger partial charge in [0.15, 0.2) is 5.79 Å². The van der Waals surface area contributed by atoms with Gasteiger partial charge in [-0.3, -0.25) is 0 Å². The van der Waals surface area contributed by atoms with Gasteiger partial charge in [-0.1, -0.05) is 0 Å². The Morgan fingerprint density at radius 1 is 0.778 bits per heavy atom. The van der Waals surface area contributed by atoms with Gasteiger partial charge in [-0.25, -0.2) is 0 Å². The van der Waals surface area contributed by atoms with Crippen LogP contribution in [0.3, 0.4) is 0 Å². The van der Waals surface area contributed by atoms with Crippen LogP contribution >= 0.6 is 0 Å². The average Bonchev–Trinajstić information content (AvgIpc) is 2.29. The van der Waals surface area contributed by atoms with E-state index < -0.39 is 5.79 Å². The van der Waals surface area contributed by atoms with E-state index in [2.05, 4.69) is 0 Å². The molecule has 0 heterocycles. The molecule has 0 aliphatic carbocycles. The maximum absolute atomic E-state index is 9.27. The first-order valence-electron chi connectivity index (χ1n) is 6.26. The minimum Gasteiger partial charge on any atom is -0.394 e. The zero-order valence-corrected chi connectivity index (χ0v) is 11.4. The van der Waals surface area contributed by atoms with Gasteiger partial charge in [0, 0.05) is 6.61 Å². The van der Waals surface area contributed by atoms with Crippen molar-refractivity contribution in [1.29, 1.82) is 0 Å². The molecule has 6 heteroatoms. The fourth-order valence-electron chi connectivity index (χ4n) is 1.09. The topological polar surface area (TPSA) is 77.4 Å². The molecule has 0 aromatic heterocycles. The van der Waals surface area contributed by atoms with Gasteiger partial charge in [0.25, 0.3) is 0 Å². The Morgan fingerprint density at radius 2 is 1.28 bits per heavy atom. The van der Waals surface area contributed by atoms with Gasteiger partial charge in [0.2, 0.25) is 0 Å². The molecule has 0 saturated carbocycles. The van der Waals surface area contributed by atoms with Gasteiger partial charge in [-0.15, -0.1) is 0 Å². The Kier molecular flexibility index (Phi) is 11.7. The third-order valence-electron chi connectivity index (χ3n) is 1.87. The summed E-state index contributed by atoms with van der Waals surface area (Å²) < 4.78 is 20.7. The van der Waals surface area contributed by atoms with Gasteiger partial charge in [-0.05, 0) is 20.3 Å². The molecule has 0 radical (unpaired) electrons. The minimum atomic E-state index is -1.07. The maximum Gasteiger partial charge on any atom is 0.159 e. The van der Waals surface area contributed by atoms with Crippen molar-refractivity contribution in [2.75, 3.05) is 52.9 Å². The molecule has 110 valence electrons. The molecular weight excluding hydrogens is 240 g/mol. The quantitative estimate of drug-likeness (QED) is 0.365. The molecule has 0 spiro atoms. The Morgan fingerprint density at radius 3 is 1.78 bits per heavy atom. The second-order valence-corrected chi connectivity index (χ2v) is 4.21. The predicted octanol–water partition coefficient (Wildman–Crippen LogP) is 0.164. The summed E-state index contributed by atoms with van der Waals surface area (Å²) in [5, 5.41) is 17.7. The van der Waals surface area contributed by atoms with Crippen LogP contribution in [0.15, 0.2) is 0 Å². The fraction of sp³-hybridized carbons (Fsp3) is 1.00. The standard InChI is InChI=1S/C12H26O6/c1-12(2,14)18-6-3-5-15-8-10-17-11-9-16-7-4-13/h13-14H,3-11H2,1-2H3. The predicted molar refractivity (Wildman–Crippen MR) is 66.4 cm³/mol. The van der Waals surface area contributed by atoms with Crippen LogP contribution in [-0.4, -0.2) is 68.9 Å². The van der Waals surface area contributed by atoms with E-state index in [-0.39, 0.29) is 6.61 Å². The first kappa shape index (κ1) is 17.8. The van der Waals surface area contributed by atoms with E-state index in [9.17, 15) is 5.11 Å². The minimum absolute atomic E-state index is 0.0375. The summed E-state index contributed by atoms with van der Waals surface area (Å²) in [4.78, 5) is 0. The summed E-state index contributed by atoms with van der Waals surface area (Å²) in [6, 6.07) is 0. The molecule has 0 aliphatic heterocycles. The van der Waals surface area contributed by atoms with Crippen molar-refractivity contribution in [3.05, 3.63) is 0 Å². The third-order valence-corrected chi connectivity index (χ3v) is 1.87. The first-order chi connectivity index (χ1) is 8.56. The lowest BCUT2D eigenvalue weighted by Gasteiger charge is -2.17. The zero-order valence-electron chi connectivity index (χ0n) is 11.4. The molecule has 18 heavy (non-hydrogen) atoms. The normalized spacial score (nSPS) is 12.0. The Balaban J connectivity index is 2.99. The van der Waals surface area contributed by atoms with E-state index in [0.29, 0.717) is 46.2 Å². The summed E-state index contributed by atoms with van der Waals surface area (Å²) in [6.07, 6.45) is 0.740. The average molecular weight is 266 g/mol. The number of aliphatic hydroxyl groups is 2. The van der Waals surface area contributed by atoms with E-state index >= 15 is 0 Å². The summed E-state index contributed by atoms with van der Waals surface area (Å²) in [5.41, 5.74) is 0. The number of ether oxygens (including phenoxy) is 4. The molecular formula is C12H26O6. The first-order valence-corrected chi connectivity index (χ1v) is 6.26. The largest absolute Gasteiger partial charge is 0.394 e. The van der Waals surface area contributed by atoms with Crippen LogP contribution in [0.25, 0.3) is 0 Å². The number of hydrogen-bond acceptors (Lipinski definition) is 6. The fourth-order valence-corrected chi connectivity index (χ4v) is 1.09. The van der Waals surface area contributed by atoms with Crippen molar-refractivity contribution in [3.8, 4) is 0 Å². The van der Waals surface area contributed by atoms with Crippen molar-refractivity contribution in [3.63, 3.8) is 0 Å².